The average Bonchev–Trinajstić information content (AvgIpc) is 2.41. The summed E-state index contributed by atoms with van der Waals surface area (Å²) in [6.45, 7) is 6.39. The van der Waals surface area contributed by atoms with E-state index in [0.717, 1.165) is 18.7 Å². The Hall–Kier alpha value is -1.55. The van der Waals surface area contributed by atoms with Gasteiger partial charge in [0.05, 0.1) is 13.0 Å². The van der Waals surface area contributed by atoms with E-state index in [1.807, 2.05) is 30.1 Å². The number of nitrogens with zero attached hydrogens (tertiary/aromatic N) is 1. The van der Waals surface area contributed by atoms with Crippen molar-refractivity contribution in [1.82, 2.24) is 4.90 Å². The second kappa shape index (κ2) is 8.59. The number of carboxylic acid groups (broad SMARTS) is 1. The molecule has 4 nitrogen and oxygen atoms in total. The second-order valence-corrected chi connectivity index (χ2v) is 5.34. The van der Waals surface area contributed by atoms with Gasteiger partial charge in [0.25, 0.3) is 0 Å². The van der Waals surface area contributed by atoms with E-state index in [4.69, 9.17) is 9.84 Å². The van der Waals surface area contributed by atoms with Crippen LogP contribution in [0, 0.1) is 0 Å². The Labute approximate surface area is 121 Å². The van der Waals surface area contributed by atoms with Crippen molar-refractivity contribution in [3.05, 3.63) is 29.8 Å². The minimum Gasteiger partial charge on any atom is -0.493 e. The van der Waals surface area contributed by atoms with Gasteiger partial charge in [-0.15, -0.1) is 0 Å². The van der Waals surface area contributed by atoms with E-state index in [-0.39, 0.29) is 6.42 Å². The average molecular weight is 279 g/mol. The molecule has 0 fully saturated rings. The zero-order valence-electron chi connectivity index (χ0n) is 12.6. The summed E-state index contributed by atoms with van der Waals surface area (Å²) in [7, 11) is 1.94. The van der Waals surface area contributed by atoms with Gasteiger partial charge in [-0.2, -0.15) is 0 Å². The molecule has 1 aromatic rings. The van der Waals surface area contributed by atoms with E-state index >= 15 is 0 Å². The van der Waals surface area contributed by atoms with Crippen LogP contribution in [0.5, 0.6) is 5.75 Å². The first-order valence-corrected chi connectivity index (χ1v) is 7.12. The van der Waals surface area contributed by atoms with Crippen LogP contribution >= 0.6 is 0 Å². The number of hydrogen-bond acceptors (Lipinski definition) is 3. The van der Waals surface area contributed by atoms with E-state index in [2.05, 4.69) is 19.9 Å². The van der Waals surface area contributed by atoms with Gasteiger partial charge in [0.2, 0.25) is 0 Å². The summed E-state index contributed by atoms with van der Waals surface area (Å²) in [6.07, 6.45) is 1.08. The summed E-state index contributed by atoms with van der Waals surface area (Å²) < 4.78 is 5.83. The molecule has 0 heterocycles. The van der Waals surface area contributed by atoms with E-state index in [1.54, 1.807) is 0 Å². The third kappa shape index (κ3) is 6.06. The molecule has 0 aliphatic heterocycles. The fraction of sp³-hybridized carbons (Fsp3) is 0.562. The minimum atomic E-state index is -0.751. The maximum Gasteiger partial charge on any atom is 0.304 e. The van der Waals surface area contributed by atoms with Gasteiger partial charge in [0, 0.05) is 13.1 Å². The fourth-order valence-corrected chi connectivity index (χ4v) is 2.00. The Kier molecular flexibility index (Phi) is 7.09. The summed E-state index contributed by atoms with van der Waals surface area (Å²) in [5.41, 5.74) is 1.23. The van der Waals surface area contributed by atoms with Crippen LogP contribution in [0.1, 0.15) is 38.2 Å². The lowest BCUT2D eigenvalue weighted by molar-refractivity contribution is -0.137. The SMILES string of the molecule is CC(C)c1ccccc1OCCCN(C)CCC(=O)O. The Morgan fingerprint density at radius 3 is 2.65 bits per heavy atom. The molecule has 0 unspecified atom stereocenters. The molecule has 0 atom stereocenters. The van der Waals surface area contributed by atoms with Crippen LogP contribution in [-0.4, -0.2) is 42.7 Å². The highest BCUT2D eigenvalue weighted by Crippen LogP contribution is 2.25. The molecular weight excluding hydrogens is 254 g/mol. The molecule has 0 aromatic heterocycles. The number of benzene rings is 1. The molecule has 1 rings (SSSR count). The number of carbonyl (C=O) groups is 1. The van der Waals surface area contributed by atoms with Crippen LogP contribution in [0.2, 0.25) is 0 Å². The Morgan fingerprint density at radius 2 is 2.00 bits per heavy atom. The molecule has 1 N–H and O–H groups in total. The molecule has 0 amide bonds. The molecular formula is C16H25NO3. The van der Waals surface area contributed by atoms with Crippen molar-refractivity contribution in [2.75, 3.05) is 26.7 Å². The topological polar surface area (TPSA) is 49.8 Å². The number of para-hydroxylation sites is 1. The van der Waals surface area contributed by atoms with E-state index in [9.17, 15) is 4.79 Å². The first-order chi connectivity index (χ1) is 9.50. The normalized spacial score (nSPS) is 11.1. The van der Waals surface area contributed by atoms with Crippen molar-refractivity contribution in [3.63, 3.8) is 0 Å². The quantitative estimate of drug-likeness (QED) is 0.706. The lowest BCUT2D eigenvalue weighted by Gasteiger charge is -2.17. The molecule has 0 saturated heterocycles. The fourth-order valence-electron chi connectivity index (χ4n) is 2.00. The van der Waals surface area contributed by atoms with Gasteiger partial charge in [0.1, 0.15) is 5.75 Å². The highest BCUT2D eigenvalue weighted by Gasteiger charge is 2.07. The zero-order chi connectivity index (χ0) is 15.0. The smallest absolute Gasteiger partial charge is 0.304 e. The van der Waals surface area contributed by atoms with Crippen LogP contribution in [0.25, 0.3) is 0 Å². The summed E-state index contributed by atoms with van der Waals surface area (Å²) in [6, 6.07) is 8.12. The first kappa shape index (κ1) is 16.5. The van der Waals surface area contributed by atoms with Crippen LogP contribution in [-0.2, 0) is 4.79 Å². The summed E-state index contributed by atoms with van der Waals surface area (Å²) >= 11 is 0. The lowest BCUT2D eigenvalue weighted by Crippen LogP contribution is -2.24. The molecule has 1 aromatic carbocycles. The number of hydrogen-bond donors (Lipinski definition) is 1. The molecule has 0 saturated carbocycles. The lowest BCUT2D eigenvalue weighted by atomic mass is 10.0. The van der Waals surface area contributed by atoms with E-state index in [0.29, 0.717) is 19.1 Å². The zero-order valence-corrected chi connectivity index (χ0v) is 12.6. The van der Waals surface area contributed by atoms with Gasteiger partial charge >= 0.3 is 5.97 Å². The van der Waals surface area contributed by atoms with Crippen LogP contribution in [0.3, 0.4) is 0 Å². The third-order valence-corrected chi connectivity index (χ3v) is 3.19. The van der Waals surface area contributed by atoms with Gasteiger partial charge in [-0.05, 0) is 31.0 Å². The van der Waals surface area contributed by atoms with Gasteiger partial charge in [0.15, 0.2) is 0 Å². The van der Waals surface area contributed by atoms with Crippen LogP contribution < -0.4 is 4.74 Å². The maximum absolute atomic E-state index is 10.5. The van der Waals surface area contributed by atoms with Gasteiger partial charge < -0.3 is 14.7 Å². The molecule has 112 valence electrons. The first-order valence-electron chi connectivity index (χ1n) is 7.12. The molecule has 0 aliphatic rings. The standard InChI is InChI=1S/C16H25NO3/c1-13(2)14-7-4-5-8-15(14)20-12-6-10-17(3)11-9-16(18)19/h4-5,7-8,13H,6,9-12H2,1-3H3,(H,18,19). The molecule has 0 aliphatic carbocycles. The number of ether oxygens (including phenoxy) is 1. The Bertz CT molecular complexity index is 418. The summed E-state index contributed by atoms with van der Waals surface area (Å²) in [4.78, 5) is 12.5. The third-order valence-electron chi connectivity index (χ3n) is 3.19. The van der Waals surface area contributed by atoms with E-state index < -0.39 is 5.97 Å². The Morgan fingerprint density at radius 1 is 1.30 bits per heavy atom. The maximum atomic E-state index is 10.5. The van der Waals surface area contributed by atoms with Crippen molar-refractivity contribution in [2.24, 2.45) is 0 Å². The molecule has 0 spiro atoms. The van der Waals surface area contributed by atoms with E-state index in [1.165, 1.54) is 5.56 Å². The monoisotopic (exact) mass is 279 g/mol. The minimum absolute atomic E-state index is 0.188. The summed E-state index contributed by atoms with van der Waals surface area (Å²) in [5.74, 6) is 0.652. The van der Waals surface area contributed by atoms with Crippen molar-refractivity contribution in [2.45, 2.75) is 32.6 Å². The molecule has 0 radical (unpaired) electrons. The predicted molar refractivity (Wildman–Crippen MR) is 80.4 cm³/mol. The number of carboxylic acids is 1. The van der Waals surface area contributed by atoms with Crippen molar-refractivity contribution in [1.29, 1.82) is 0 Å². The van der Waals surface area contributed by atoms with Gasteiger partial charge in [-0.3, -0.25) is 4.79 Å². The summed E-state index contributed by atoms with van der Waals surface area (Å²) in [5, 5.41) is 8.61. The molecule has 0 bridgehead atoms. The predicted octanol–water partition coefficient (Wildman–Crippen LogP) is 2.99. The van der Waals surface area contributed by atoms with Crippen LogP contribution in [0.4, 0.5) is 0 Å². The highest BCUT2D eigenvalue weighted by molar-refractivity contribution is 5.66. The second-order valence-electron chi connectivity index (χ2n) is 5.34. The Balaban J connectivity index is 2.29. The molecule has 20 heavy (non-hydrogen) atoms. The van der Waals surface area contributed by atoms with Crippen molar-refractivity contribution in [3.8, 4) is 5.75 Å². The van der Waals surface area contributed by atoms with Gasteiger partial charge in [-0.1, -0.05) is 32.0 Å². The van der Waals surface area contributed by atoms with Crippen molar-refractivity contribution >= 4 is 5.97 Å². The van der Waals surface area contributed by atoms with Gasteiger partial charge in [-0.25, -0.2) is 0 Å². The largest absolute Gasteiger partial charge is 0.493 e. The molecule has 4 heteroatoms. The van der Waals surface area contributed by atoms with Crippen molar-refractivity contribution < 1.29 is 14.6 Å². The number of rotatable bonds is 9. The number of aliphatic carboxylic acids is 1. The van der Waals surface area contributed by atoms with Crippen LogP contribution in [0.15, 0.2) is 24.3 Å². The highest BCUT2D eigenvalue weighted by atomic mass is 16.5.